The second kappa shape index (κ2) is 6.88. The van der Waals surface area contributed by atoms with Crippen LogP contribution in [-0.4, -0.2) is 11.8 Å². The maximum absolute atomic E-state index is 12.1. The van der Waals surface area contributed by atoms with Crippen molar-refractivity contribution in [3.8, 4) is 0 Å². The fourth-order valence-corrected chi connectivity index (χ4v) is 2.61. The average Bonchev–Trinajstić information content (AvgIpc) is 2.95. The number of benzene rings is 2. The molecular formula is C18H15BrN2O3. The first-order valence-electron chi connectivity index (χ1n) is 7.34. The quantitative estimate of drug-likeness (QED) is 0.676. The normalized spacial score (nSPS) is 10.6. The smallest absolute Gasteiger partial charge is 0.269 e. The van der Waals surface area contributed by atoms with Gasteiger partial charge in [0.05, 0.1) is 12.7 Å². The van der Waals surface area contributed by atoms with E-state index in [2.05, 4.69) is 26.8 Å². The third-order valence-electron chi connectivity index (χ3n) is 3.58. The number of hydrogen-bond acceptors (Lipinski definition) is 3. The summed E-state index contributed by atoms with van der Waals surface area (Å²) < 4.78 is 6.32. The zero-order chi connectivity index (χ0) is 17.1. The molecule has 1 aromatic heterocycles. The van der Waals surface area contributed by atoms with Crippen molar-refractivity contribution in [2.45, 2.75) is 13.3 Å². The predicted octanol–water partition coefficient (Wildman–Crippen LogP) is 3.51. The third kappa shape index (κ3) is 3.65. The van der Waals surface area contributed by atoms with E-state index in [1.807, 2.05) is 25.1 Å². The van der Waals surface area contributed by atoms with Crippen molar-refractivity contribution in [2.24, 2.45) is 0 Å². The molecule has 0 radical (unpaired) electrons. The highest BCUT2D eigenvalue weighted by Crippen LogP contribution is 2.22. The minimum absolute atomic E-state index is 0.122. The summed E-state index contributed by atoms with van der Waals surface area (Å²) in [5.74, 6) is -0.687. The molecule has 0 saturated carbocycles. The number of fused-ring (bicyclic) bond motifs is 1. The predicted molar refractivity (Wildman–Crippen MR) is 94.4 cm³/mol. The molecule has 0 aliphatic carbocycles. The van der Waals surface area contributed by atoms with Crippen LogP contribution in [0.3, 0.4) is 0 Å². The standard InChI is InChI=1S/C18H15BrN2O3/c1-11-2-7-16-15(8-11)13(10-24-16)9-17(22)20-21-18(23)12-3-5-14(19)6-4-12/h2-8,10H,9H2,1H3,(H,20,22)(H,21,23). The molecule has 0 fully saturated rings. The Labute approximate surface area is 147 Å². The topological polar surface area (TPSA) is 71.3 Å². The molecule has 2 N–H and O–H groups in total. The zero-order valence-electron chi connectivity index (χ0n) is 12.9. The lowest BCUT2D eigenvalue weighted by Crippen LogP contribution is -2.42. The van der Waals surface area contributed by atoms with E-state index in [4.69, 9.17) is 4.42 Å². The summed E-state index contributed by atoms with van der Waals surface area (Å²) in [6.07, 6.45) is 1.69. The van der Waals surface area contributed by atoms with Gasteiger partial charge in [-0.1, -0.05) is 27.6 Å². The van der Waals surface area contributed by atoms with Gasteiger partial charge in [0.2, 0.25) is 5.91 Å². The highest BCUT2D eigenvalue weighted by Gasteiger charge is 2.12. The molecule has 0 spiro atoms. The Balaban J connectivity index is 1.62. The van der Waals surface area contributed by atoms with Crippen LogP contribution in [0.5, 0.6) is 0 Å². The third-order valence-corrected chi connectivity index (χ3v) is 4.11. The van der Waals surface area contributed by atoms with Gasteiger partial charge in [0.25, 0.3) is 5.91 Å². The van der Waals surface area contributed by atoms with Gasteiger partial charge in [0.1, 0.15) is 5.58 Å². The largest absolute Gasteiger partial charge is 0.464 e. The molecule has 0 unspecified atom stereocenters. The van der Waals surface area contributed by atoms with Crippen LogP contribution in [0.1, 0.15) is 21.5 Å². The van der Waals surface area contributed by atoms with Gasteiger partial charge in [-0.25, -0.2) is 0 Å². The lowest BCUT2D eigenvalue weighted by Gasteiger charge is -2.07. The Hall–Kier alpha value is -2.60. The van der Waals surface area contributed by atoms with E-state index in [-0.39, 0.29) is 18.2 Å². The first-order valence-corrected chi connectivity index (χ1v) is 8.14. The van der Waals surface area contributed by atoms with Crippen molar-refractivity contribution >= 4 is 38.7 Å². The van der Waals surface area contributed by atoms with Crippen molar-refractivity contribution < 1.29 is 14.0 Å². The summed E-state index contributed by atoms with van der Waals surface area (Å²) in [6, 6.07) is 12.7. The summed E-state index contributed by atoms with van der Waals surface area (Å²) in [6.45, 7) is 1.98. The summed E-state index contributed by atoms with van der Waals surface area (Å²) in [4.78, 5) is 24.0. The molecule has 1 heterocycles. The molecule has 0 bridgehead atoms. The second-order valence-corrected chi connectivity index (χ2v) is 6.36. The number of carbonyl (C=O) groups excluding carboxylic acids is 2. The maximum atomic E-state index is 12.1. The van der Waals surface area contributed by atoms with Gasteiger partial charge in [0, 0.05) is 21.0 Å². The Morgan fingerprint density at radius 2 is 1.83 bits per heavy atom. The lowest BCUT2D eigenvalue weighted by atomic mass is 10.1. The Kier molecular flexibility index (Phi) is 4.66. The van der Waals surface area contributed by atoms with Crippen molar-refractivity contribution in [3.63, 3.8) is 0 Å². The summed E-state index contributed by atoms with van der Waals surface area (Å²) in [5, 5.41) is 0.907. The van der Waals surface area contributed by atoms with Gasteiger partial charge in [0.15, 0.2) is 0 Å². The summed E-state index contributed by atoms with van der Waals surface area (Å²) in [5.41, 5.74) is 7.90. The Morgan fingerprint density at radius 3 is 2.58 bits per heavy atom. The fourth-order valence-electron chi connectivity index (χ4n) is 2.35. The highest BCUT2D eigenvalue weighted by molar-refractivity contribution is 9.10. The molecule has 24 heavy (non-hydrogen) atoms. The number of hydrogen-bond donors (Lipinski definition) is 2. The second-order valence-electron chi connectivity index (χ2n) is 5.45. The van der Waals surface area contributed by atoms with Crippen molar-refractivity contribution in [1.29, 1.82) is 0 Å². The number of amides is 2. The van der Waals surface area contributed by atoms with E-state index in [9.17, 15) is 9.59 Å². The van der Waals surface area contributed by atoms with E-state index < -0.39 is 0 Å². The average molecular weight is 387 g/mol. The van der Waals surface area contributed by atoms with Gasteiger partial charge in [-0.05, 0) is 43.3 Å². The molecule has 2 aromatic carbocycles. The van der Waals surface area contributed by atoms with Crippen LogP contribution >= 0.6 is 15.9 Å². The van der Waals surface area contributed by atoms with Crippen LogP contribution in [0.25, 0.3) is 11.0 Å². The van der Waals surface area contributed by atoms with Crippen molar-refractivity contribution in [1.82, 2.24) is 10.9 Å². The van der Waals surface area contributed by atoms with Crippen molar-refractivity contribution in [2.75, 3.05) is 0 Å². The van der Waals surface area contributed by atoms with Crippen molar-refractivity contribution in [3.05, 3.63) is 69.9 Å². The number of carbonyl (C=O) groups is 2. The lowest BCUT2D eigenvalue weighted by molar-refractivity contribution is -0.121. The van der Waals surface area contributed by atoms with Crippen LogP contribution in [0.15, 0.2) is 57.6 Å². The Bertz CT molecular complexity index is 900. The molecule has 0 aliphatic heterocycles. The van der Waals surface area contributed by atoms with Gasteiger partial charge in [-0.3, -0.25) is 20.4 Å². The summed E-state index contributed by atoms with van der Waals surface area (Å²) >= 11 is 3.30. The number of halogens is 1. The van der Waals surface area contributed by atoms with Gasteiger partial charge < -0.3 is 4.42 Å². The molecule has 0 saturated heterocycles. The minimum atomic E-state index is -0.372. The van der Waals surface area contributed by atoms with E-state index in [1.165, 1.54) is 0 Å². The van der Waals surface area contributed by atoms with Crippen LogP contribution in [0.4, 0.5) is 0 Å². The minimum Gasteiger partial charge on any atom is -0.464 e. The SMILES string of the molecule is Cc1ccc2occ(CC(=O)NNC(=O)c3ccc(Br)cc3)c2c1. The molecule has 0 aliphatic rings. The van der Waals surface area contributed by atoms with Crippen LogP contribution in [0.2, 0.25) is 0 Å². The molecular weight excluding hydrogens is 372 g/mol. The van der Waals surface area contributed by atoms with Gasteiger partial charge in [-0.2, -0.15) is 0 Å². The molecule has 122 valence electrons. The first-order chi connectivity index (χ1) is 11.5. The van der Waals surface area contributed by atoms with Gasteiger partial charge in [-0.15, -0.1) is 0 Å². The van der Waals surface area contributed by atoms with E-state index in [0.717, 1.165) is 26.6 Å². The maximum Gasteiger partial charge on any atom is 0.269 e. The van der Waals surface area contributed by atoms with E-state index in [1.54, 1.807) is 30.5 Å². The zero-order valence-corrected chi connectivity index (χ0v) is 14.5. The monoisotopic (exact) mass is 386 g/mol. The Morgan fingerprint density at radius 1 is 1.08 bits per heavy atom. The molecule has 2 amide bonds. The number of furan rings is 1. The van der Waals surface area contributed by atoms with Crippen LogP contribution in [0, 0.1) is 6.92 Å². The van der Waals surface area contributed by atoms with Gasteiger partial charge >= 0.3 is 0 Å². The molecule has 3 rings (SSSR count). The van der Waals surface area contributed by atoms with E-state index in [0.29, 0.717) is 5.56 Å². The highest BCUT2D eigenvalue weighted by atomic mass is 79.9. The number of aryl methyl sites for hydroxylation is 1. The molecule has 5 nitrogen and oxygen atoms in total. The number of nitrogens with one attached hydrogen (secondary N) is 2. The first kappa shape index (κ1) is 16.3. The number of hydrazine groups is 1. The summed E-state index contributed by atoms with van der Waals surface area (Å²) in [7, 11) is 0. The van der Waals surface area contributed by atoms with E-state index >= 15 is 0 Å². The number of rotatable bonds is 3. The molecule has 3 aromatic rings. The van der Waals surface area contributed by atoms with Crippen LogP contribution in [-0.2, 0) is 11.2 Å². The molecule has 6 heteroatoms. The van der Waals surface area contributed by atoms with Crippen LogP contribution < -0.4 is 10.9 Å². The fraction of sp³-hybridized carbons (Fsp3) is 0.111. The molecule has 0 atom stereocenters.